The molecule has 1 fully saturated rings. The second-order valence-electron chi connectivity index (χ2n) is 5.82. The van der Waals surface area contributed by atoms with Gasteiger partial charge >= 0.3 is 0 Å². The second kappa shape index (κ2) is 7.49. The maximum absolute atomic E-state index is 12.4. The van der Waals surface area contributed by atoms with Gasteiger partial charge in [0.2, 0.25) is 5.91 Å². The van der Waals surface area contributed by atoms with Gasteiger partial charge in [-0.15, -0.1) is 0 Å². The summed E-state index contributed by atoms with van der Waals surface area (Å²) in [6, 6.07) is 3.84. The van der Waals surface area contributed by atoms with E-state index < -0.39 is 0 Å². The number of ether oxygens (including phenoxy) is 2. The predicted molar refractivity (Wildman–Crippen MR) is 86.4 cm³/mol. The quantitative estimate of drug-likeness (QED) is 0.875. The van der Waals surface area contributed by atoms with Crippen molar-refractivity contribution in [2.24, 2.45) is 5.92 Å². The Kier molecular flexibility index (Phi) is 5.66. The summed E-state index contributed by atoms with van der Waals surface area (Å²) >= 11 is 0. The molecule has 2 N–H and O–H groups in total. The lowest BCUT2D eigenvalue weighted by Gasteiger charge is -2.25. The van der Waals surface area contributed by atoms with Crippen molar-refractivity contribution in [2.75, 3.05) is 27.3 Å². The molecule has 0 spiro atoms. The minimum absolute atomic E-state index is 0.0535. The van der Waals surface area contributed by atoms with Gasteiger partial charge in [-0.3, -0.25) is 4.79 Å². The molecule has 0 radical (unpaired) electrons. The van der Waals surface area contributed by atoms with E-state index in [9.17, 15) is 4.79 Å². The van der Waals surface area contributed by atoms with E-state index in [4.69, 9.17) is 9.47 Å². The standard InChI is InChI=1S/C17H26N2O3/c1-11-9-15(21-3)16(22-4)10-14(11)12(2)19-17(20)13-5-7-18-8-6-13/h9-10,12-13,18H,5-8H2,1-4H3,(H,19,20). The first-order valence-corrected chi connectivity index (χ1v) is 7.80. The first-order chi connectivity index (χ1) is 10.6. The summed E-state index contributed by atoms with van der Waals surface area (Å²) in [7, 11) is 3.24. The molecule has 1 atom stereocenters. The molecule has 2 rings (SSSR count). The van der Waals surface area contributed by atoms with Gasteiger partial charge in [0, 0.05) is 5.92 Å². The molecule has 0 bridgehead atoms. The van der Waals surface area contributed by atoms with E-state index >= 15 is 0 Å². The van der Waals surface area contributed by atoms with Gasteiger partial charge in [0.05, 0.1) is 20.3 Å². The smallest absolute Gasteiger partial charge is 0.223 e. The molecule has 0 aliphatic carbocycles. The van der Waals surface area contributed by atoms with Crippen LogP contribution in [0.2, 0.25) is 0 Å². The van der Waals surface area contributed by atoms with Crippen molar-refractivity contribution < 1.29 is 14.3 Å². The van der Waals surface area contributed by atoms with Crippen LogP contribution in [0.3, 0.4) is 0 Å². The molecule has 22 heavy (non-hydrogen) atoms. The number of hydrogen-bond donors (Lipinski definition) is 2. The third-order valence-corrected chi connectivity index (χ3v) is 4.31. The summed E-state index contributed by atoms with van der Waals surface area (Å²) in [5.74, 6) is 1.65. The number of carbonyl (C=O) groups is 1. The van der Waals surface area contributed by atoms with Gasteiger partial charge in [-0.25, -0.2) is 0 Å². The molecule has 1 amide bonds. The number of hydrogen-bond acceptors (Lipinski definition) is 4. The lowest BCUT2D eigenvalue weighted by molar-refractivity contribution is -0.126. The molecule has 0 aromatic heterocycles. The average Bonchev–Trinajstić information content (AvgIpc) is 2.55. The van der Waals surface area contributed by atoms with Gasteiger partial charge in [0.15, 0.2) is 11.5 Å². The first kappa shape index (κ1) is 16.6. The summed E-state index contributed by atoms with van der Waals surface area (Å²) in [5, 5.41) is 6.41. The van der Waals surface area contributed by atoms with Crippen molar-refractivity contribution in [1.29, 1.82) is 0 Å². The van der Waals surface area contributed by atoms with E-state index in [1.54, 1.807) is 14.2 Å². The van der Waals surface area contributed by atoms with Gasteiger partial charge in [0.25, 0.3) is 0 Å². The van der Waals surface area contributed by atoms with Crippen LogP contribution in [0, 0.1) is 12.8 Å². The minimum atomic E-state index is -0.0535. The SMILES string of the molecule is COc1cc(C)c(C(C)NC(=O)C2CCNCC2)cc1OC. The third-order valence-electron chi connectivity index (χ3n) is 4.31. The Bertz CT molecular complexity index is 525. The van der Waals surface area contributed by atoms with Crippen molar-refractivity contribution in [3.8, 4) is 11.5 Å². The number of nitrogens with one attached hydrogen (secondary N) is 2. The molecule has 5 nitrogen and oxygen atoms in total. The van der Waals surface area contributed by atoms with E-state index in [1.165, 1.54) is 0 Å². The molecule has 122 valence electrons. The van der Waals surface area contributed by atoms with Crippen LogP contribution in [0.4, 0.5) is 0 Å². The third kappa shape index (κ3) is 3.71. The molecule has 0 saturated carbocycles. The zero-order chi connectivity index (χ0) is 16.1. The van der Waals surface area contributed by atoms with Crippen LogP contribution in [0.15, 0.2) is 12.1 Å². The highest BCUT2D eigenvalue weighted by Gasteiger charge is 2.23. The molecular weight excluding hydrogens is 280 g/mol. The summed E-state index contributed by atoms with van der Waals surface area (Å²) < 4.78 is 10.7. The van der Waals surface area contributed by atoms with Crippen LogP contribution in [0.5, 0.6) is 11.5 Å². The van der Waals surface area contributed by atoms with Gasteiger partial charge in [-0.05, 0) is 63.0 Å². The highest BCUT2D eigenvalue weighted by Crippen LogP contribution is 2.33. The fourth-order valence-corrected chi connectivity index (χ4v) is 2.96. The Morgan fingerprint density at radius 1 is 1.23 bits per heavy atom. The van der Waals surface area contributed by atoms with Gasteiger partial charge in [0.1, 0.15) is 0 Å². The number of aryl methyl sites for hydroxylation is 1. The Morgan fingerprint density at radius 2 is 1.82 bits per heavy atom. The fraction of sp³-hybridized carbons (Fsp3) is 0.588. The summed E-state index contributed by atoms with van der Waals surface area (Å²) in [5.41, 5.74) is 2.13. The molecule has 1 aliphatic heterocycles. The zero-order valence-electron chi connectivity index (χ0n) is 13.9. The van der Waals surface area contributed by atoms with E-state index in [1.807, 2.05) is 26.0 Å². The number of benzene rings is 1. The minimum Gasteiger partial charge on any atom is -0.493 e. The predicted octanol–water partition coefficient (Wildman–Crippen LogP) is 2.19. The number of rotatable bonds is 5. The zero-order valence-corrected chi connectivity index (χ0v) is 13.9. The molecule has 5 heteroatoms. The molecule has 1 saturated heterocycles. The number of piperidine rings is 1. The Labute approximate surface area is 132 Å². The first-order valence-electron chi connectivity index (χ1n) is 7.80. The lowest BCUT2D eigenvalue weighted by atomic mass is 9.95. The summed E-state index contributed by atoms with van der Waals surface area (Å²) in [6.07, 6.45) is 1.81. The Balaban J connectivity index is 2.11. The molecule has 1 aromatic rings. The van der Waals surface area contributed by atoms with Crippen molar-refractivity contribution in [3.63, 3.8) is 0 Å². The monoisotopic (exact) mass is 306 g/mol. The van der Waals surface area contributed by atoms with E-state index in [-0.39, 0.29) is 17.9 Å². The van der Waals surface area contributed by atoms with E-state index in [0.717, 1.165) is 37.1 Å². The van der Waals surface area contributed by atoms with Gasteiger partial charge in [-0.1, -0.05) is 0 Å². The maximum Gasteiger partial charge on any atom is 0.223 e. The summed E-state index contributed by atoms with van der Waals surface area (Å²) in [6.45, 7) is 5.86. The van der Waals surface area contributed by atoms with Gasteiger partial charge in [-0.2, -0.15) is 0 Å². The maximum atomic E-state index is 12.4. The van der Waals surface area contributed by atoms with Crippen molar-refractivity contribution in [1.82, 2.24) is 10.6 Å². The molecule has 1 aliphatic rings. The number of amides is 1. The van der Waals surface area contributed by atoms with Crippen molar-refractivity contribution >= 4 is 5.91 Å². The molecule has 1 heterocycles. The Hall–Kier alpha value is -1.75. The normalized spacial score (nSPS) is 16.9. The number of methoxy groups -OCH3 is 2. The van der Waals surface area contributed by atoms with Crippen LogP contribution >= 0.6 is 0 Å². The largest absolute Gasteiger partial charge is 0.493 e. The highest BCUT2D eigenvalue weighted by molar-refractivity contribution is 5.79. The van der Waals surface area contributed by atoms with Crippen molar-refractivity contribution in [3.05, 3.63) is 23.3 Å². The highest BCUT2D eigenvalue weighted by atomic mass is 16.5. The van der Waals surface area contributed by atoms with Crippen LogP contribution in [0.25, 0.3) is 0 Å². The van der Waals surface area contributed by atoms with Crippen LogP contribution in [-0.2, 0) is 4.79 Å². The van der Waals surface area contributed by atoms with E-state index in [2.05, 4.69) is 10.6 Å². The van der Waals surface area contributed by atoms with Crippen LogP contribution < -0.4 is 20.1 Å². The molecular formula is C17H26N2O3. The van der Waals surface area contributed by atoms with Crippen LogP contribution in [0.1, 0.15) is 36.9 Å². The van der Waals surface area contributed by atoms with Crippen molar-refractivity contribution in [2.45, 2.75) is 32.7 Å². The number of carbonyl (C=O) groups excluding carboxylic acids is 1. The topological polar surface area (TPSA) is 59.6 Å². The average molecular weight is 306 g/mol. The van der Waals surface area contributed by atoms with Crippen LogP contribution in [-0.4, -0.2) is 33.2 Å². The molecule has 1 unspecified atom stereocenters. The fourth-order valence-electron chi connectivity index (χ4n) is 2.96. The lowest BCUT2D eigenvalue weighted by Crippen LogP contribution is -2.39. The van der Waals surface area contributed by atoms with E-state index in [0.29, 0.717) is 11.5 Å². The molecule has 1 aromatic carbocycles. The summed E-state index contributed by atoms with van der Waals surface area (Å²) in [4.78, 5) is 12.4. The Morgan fingerprint density at radius 3 is 2.41 bits per heavy atom. The van der Waals surface area contributed by atoms with Gasteiger partial charge < -0.3 is 20.1 Å². The second-order valence-corrected chi connectivity index (χ2v) is 5.82.